The van der Waals surface area contributed by atoms with E-state index in [9.17, 15) is 4.79 Å². The maximum absolute atomic E-state index is 12.8. The minimum atomic E-state index is -0.358. The summed E-state index contributed by atoms with van der Waals surface area (Å²) in [6.45, 7) is 7.13. The summed E-state index contributed by atoms with van der Waals surface area (Å²) >= 11 is 7.59. The number of amides is 1. The van der Waals surface area contributed by atoms with E-state index in [0.29, 0.717) is 29.9 Å². The number of thioether (sulfide) groups is 1. The van der Waals surface area contributed by atoms with Crippen LogP contribution in [0.3, 0.4) is 0 Å². The minimum Gasteiger partial charge on any atom is -0.378 e. The van der Waals surface area contributed by atoms with Gasteiger partial charge in [-0.3, -0.25) is 9.36 Å². The van der Waals surface area contributed by atoms with Gasteiger partial charge in [-0.1, -0.05) is 59.3 Å². The summed E-state index contributed by atoms with van der Waals surface area (Å²) in [5, 5.41) is 12.8. The fraction of sp³-hybridized carbons (Fsp3) is 0.348. The van der Waals surface area contributed by atoms with Gasteiger partial charge in [0.05, 0.1) is 24.2 Å². The molecule has 3 aromatic rings. The second-order valence-corrected chi connectivity index (χ2v) is 9.34. The van der Waals surface area contributed by atoms with Crippen molar-refractivity contribution >= 4 is 35.2 Å². The first-order valence-corrected chi connectivity index (χ1v) is 11.8. The number of hydrogen-bond donors (Lipinski definition) is 1. The summed E-state index contributed by atoms with van der Waals surface area (Å²) < 4.78 is 7.51. The van der Waals surface area contributed by atoms with Crippen LogP contribution in [0, 0.1) is 6.92 Å². The van der Waals surface area contributed by atoms with Gasteiger partial charge in [0.15, 0.2) is 5.16 Å². The molecule has 7 nitrogen and oxygen atoms in total. The van der Waals surface area contributed by atoms with Crippen molar-refractivity contribution in [3.05, 3.63) is 64.7 Å². The molecule has 1 fully saturated rings. The van der Waals surface area contributed by atoms with E-state index in [-0.39, 0.29) is 11.2 Å². The van der Waals surface area contributed by atoms with Gasteiger partial charge in [0.25, 0.3) is 0 Å². The summed E-state index contributed by atoms with van der Waals surface area (Å²) in [6.07, 6.45) is 0. The van der Waals surface area contributed by atoms with E-state index in [1.807, 2.05) is 35.8 Å². The molecule has 0 aliphatic carbocycles. The first kappa shape index (κ1) is 22.6. The molecular formula is C23H26ClN5O2S. The highest BCUT2D eigenvalue weighted by Gasteiger charge is 2.25. The van der Waals surface area contributed by atoms with Crippen LogP contribution in [0.15, 0.2) is 53.7 Å². The van der Waals surface area contributed by atoms with Crippen molar-refractivity contribution in [2.45, 2.75) is 30.8 Å². The number of nitrogens with one attached hydrogen (secondary N) is 1. The van der Waals surface area contributed by atoms with Gasteiger partial charge >= 0.3 is 0 Å². The number of aryl methyl sites for hydroxylation is 1. The molecule has 1 N–H and O–H groups in total. The largest absolute Gasteiger partial charge is 0.378 e. The van der Waals surface area contributed by atoms with Crippen molar-refractivity contribution in [1.82, 2.24) is 20.1 Å². The number of rotatable bonds is 7. The minimum absolute atomic E-state index is 0.0821. The quantitative estimate of drug-likeness (QED) is 0.527. The molecule has 1 aromatic heterocycles. The molecule has 0 saturated carbocycles. The molecule has 2 heterocycles. The number of hydrogen-bond acceptors (Lipinski definition) is 6. The molecule has 1 aliphatic heterocycles. The molecular weight excluding hydrogens is 446 g/mol. The van der Waals surface area contributed by atoms with Crippen molar-refractivity contribution < 1.29 is 9.53 Å². The summed E-state index contributed by atoms with van der Waals surface area (Å²) in [6, 6.07) is 15.7. The molecule has 1 unspecified atom stereocenters. The monoisotopic (exact) mass is 471 g/mol. The van der Waals surface area contributed by atoms with E-state index in [0.717, 1.165) is 30.3 Å². The third-order valence-electron chi connectivity index (χ3n) is 5.26. The lowest BCUT2D eigenvalue weighted by Crippen LogP contribution is -2.38. The average Bonchev–Trinajstić information content (AvgIpc) is 3.23. The van der Waals surface area contributed by atoms with Gasteiger partial charge in [-0.2, -0.15) is 0 Å². The average molecular weight is 472 g/mol. The summed E-state index contributed by atoms with van der Waals surface area (Å²) in [4.78, 5) is 14.9. The van der Waals surface area contributed by atoms with Gasteiger partial charge in [-0.05, 0) is 37.6 Å². The van der Waals surface area contributed by atoms with Crippen LogP contribution < -0.4 is 10.2 Å². The van der Waals surface area contributed by atoms with Crippen molar-refractivity contribution in [2.75, 3.05) is 31.2 Å². The van der Waals surface area contributed by atoms with Gasteiger partial charge in [0.1, 0.15) is 0 Å². The molecule has 0 spiro atoms. The number of anilines is 1. The van der Waals surface area contributed by atoms with Gasteiger partial charge in [0.2, 0.25) is 11.9 Å². The Balaban J connectivity index is 1.53. The zero-order chi connectivity index (χ0) is 22.5. The lowest BCUT2D eigenvalue weighted by molar-refractivity contribution is -0.120. The number of carbonyl (C=O) groups is 1. The molecule has 32 heavy (non-hydrogen) atoms. The number of nitrogens with zero attached hydrogens (tertiary/aromatic N) is 4. The van der Waals surface area contributed by atoms with E-state index in [2.05, 4.69) is 51.6 Å². The van der Waals surface area contributed by atoms with Crippen molar-refractivity contribution in [2.24, 2.45) is 0 Å². The zero-order valence-electron chi connectivity index (χ0n) is 18.1. The molecule has 1 amide bonds. The lowest BCUT2D eigenvalue weighted by Gasteiger charge is -2.28. The highest BCUT2D eigenvalue weighted by Crippen LogP contribution is 2.30. The molecule has 1 aliphatic rings. The molecule has 0 radical (unpaired) electrons. The van der Waals surface area contributed by atoms with Crippen LogP contribution in [0.4, 0.5) is 5.95 Å². The Labute approximate surface area is 197 Å². The predicted molar refractivity (Wildman–Crippen MR) is 128 cm³/mol. The molecule has 0 bridgehead atoms. The molecule has 4 rings (SSSR count). The topological polar surface area (TPSA) is 72.3 Å². The number of ether oxygens (including phenoxy) is 1. The SMILES string of the molecule is Cc1ccc(-n2c(SC(C)C(=O)NCc3ccccc3Cl)nnc2N2CCOCC2)cc1. The van der Waals surface area contributed by atoms with Gasteiger partial charge in [0, 0.05) is 24.7 Å². The smallest absolute Gasteiger partial charge is 0.233 e. The van der Waals surface area contributed by atoms with E-state index < -0.39 is 0 Å². The standard InChI is InChI=1S/C23H26ClN5O2S/c1-16-7-9-19(10-8-16)29-22(28-11-13-31-14-12-28)26-27-23(29)32-17(2)21(30)25-15-18-5-3-4-6-20(18)24/h3-10,17H,11-15H2,1-2H3,(H,25,30). The molecule has 168 valence electrons. The van der Waals surface area contributed by atoms with Crippen LogP contribution in [0.1, 0.15) is 18.1 Å². The maximum Gasteiger partial charge on any atom is 0.233 e. The second kappa shape index (κ2) is 10.4. The van der Waals surface area contributed by atoms with E-state index >= 15 is 0 Å². The number of benzene rings is 2. The van der Waals surface area contributed by atoms with Gasteiger partial charge in [-0.15, -0.1) is 10.2 Å². The second-order valence-electron chi connectivity index (χ2n) is 7.62. The number of aromatic nitrogens is 3. The zero-order valence-corrected chi connectivity index (χ0v) is 19.7. The Kier molecular flexibility index (Phi) is 7.34. The maximum atomic E-state index is 12.8. The summed E-state index contributed by atoms with van der Waals surface area (Å²) in [5.74, 6) is 0.685. The van der Waals surface area contributed by atoms with E-state index in [1.165, 1.54) is 17.3 Å². The Bertz CT molecular complexity index is 1070. The Hall–Kier alpha value is -2.55. The van der Waals surface area contributed by atoms with Crippen molar-refractivity contribution in [3.63, 3.8) is 0 Å². The van der Waals surface area contributed by atoms with Crippen LogP contribution in [0.5, 0.6) is 0 Å². The Morgan fingerprint density at radius 3 is 2.59 bits per heavy atom. The highest BCUT2D eigenvalue weighted by atomic mass is 35.5. The Morgan fingerprint density at radius 2 is 1.88 bits per heavy atom. The molecule has 1 atom stereocenters. The number of halogens is 1. The Morgan fingerprint density at radius 1 is 1.16 bits per heavy atom. The first-order chi connectivity index (χ1) is 15.5. The van der Waals surface area contributed by atoms with Crippen LogP contribution in [0.2, 0.25) is 5.02 Å². The fourth-order valence-corrected chi connectivity index (χ4v) is 4.50. The molecule has 9 heteroatoms. The predicted octanol–water partition coefficient (Wildman–Crippen LogP) is 3.86. The van der Waals surface area contributed by atoms with Crippen LogP contribution in [-0.2, 0) is 16.1 Å². The summed E-state index contributed by atoms with van der Waals surface area (Å²) in [5.41, 5.74) is 3.03. The number of carbonyl (C=O) groups excluding carboxylic acids is 1. The third-order valence-corrected chi connectivity index (χ3v) is 6.68. The lowest BCUT2D eigenvalue weighted by atomic mass is 10.2. The van der Waals surface area contributed by atoms with Crippen molar-refractivity contribution in [3.8, 4) is 5.69 Å². The van der Waals surface area contributed by atoms with Gasteiger partial charge < -0.3 is 15.0 Å². The van der Waals surface area contributed by atoms with E-state index in [4.69, 9.17) is 16.3 Å². The van der Waals surface area contributed by atoms with Crippen LogP contribution in [0.25, 0.3) is 5.69 Å². The van der Waals surface area contributed by atoms with Crippen molar-refractivity contribution in [1.29, 1.82) is 0 Å². The third kappa shape index (κ3) is 5.26. The van der Waals surface area contributed by atoms with Crippen LogP contribution in [-0.4, -0.2) is 52.2 Å². The summed E-state index contributed by atoms with van der Waals surface area (Å²) in [7, 11) is 0. The first-order valence-electron chi connectivity index (χ1n) is 10.6. The molecule has 2 aromatic carbocycles. The normalized spacial score (nSPS) is 14.9. The highest BCUT2D eigenvalue weighted by molar-refractivity contribution is 8.00. The van der Waals surface area contributed by atoms with Crippen LogP contribution >= 0.6 is 23.4 Å². The van der Waals surface area contributed by atoms with Gasteiger partial charge in [-0.25, -0.2) is 0 Å². The fourth-order valence-electron chi connectivity index (χ4n) is 3.41. The molecule has 1 saturated heterocycles. The van der Waals surface area contributed by atoms with E-state index in [1.54, 1.807) is 0 Å². The number of morpholine rings is 1.